The van der Waals surface area contributed by atoms with E-state index in [9.17, 15) is 13.2 Å². The summed E-state index contributed by atoms with van der Waals surface area (Å²) in [5.41, 5.74) is 6.85. The van der Waals surface area contributed by atoms with E-state index in [2.05, 4.69) is 5.32 Å². The Morgan fingerprint density at radius 3 is 2.24 bits per heavy atom. The molecule has 0 bridgehead atoms. The van der Waals surface area contributed by atoms with Crippen LogP contribution in [0.4, 0.5) is 18.9 Å². The Morgan fingerprint density at radius 2 is 1.67 bits per heavy atom. The van der Waals surface area contributed by atoms with Gasteiger partial charge >= 0.3 is 6.18 Å². The second kappa shape index (κ2) is 6.18. The molecule has 2 nitrogen and oxygen atoms in total. The quantitative estimate of drug-likeness (QED) is 0.880. The van der Waals surface area contributed by atoms with E-state index in [1.54, 1.807) is 6.07 Å². The minimum Gasteiger partial charge on any atom is -0.378 e. The van der Waals surface area contributed by atoms with Gasteiger partial charge in [0.25, 0.3) is 0 Å². The Kier molecular flexibility index (Phi) is 4.53. The molecule has 2 aromatic rings. The third-order valence-corrected chi connectivity index (χ3v) is 3.32. The van der Waals surface area contributed by atoms with Crippen molar-refractivity contribution in [2.45, 2.75) is 25.7 Å². The maximum Gasteiger partial charge on any atom is 0.418 e. The van der Waals surface area contributed by atoms with Gasteiger partial charge in [0.15, 0.2) is 0 Å². The Balaban J connectivity index is 2.21. The summed E-state index contributed by atoms with van der Waals surface area (Å²) in [6.07, 6.45) is -4.37. The predicted molar refractivity (Wildman–Crippen MR) is 77.8 cm³/mol. The number of alkyl halides is 3. The van der Waals surface area contributed by atoms with E-state index in [1.165, 1.54) is 12.1 Å². The van der Waals surface area contributed by atoms with Crippen LogP contribution in [0.3, 0.4) is 0 Å². The van der Waals surface area contributed by atoms with E-state index < -0.39 is 11.7 Å². The van der Waals surface area contributed by atoms with Gasteiger partial charge in [-0.25, -0.2) is 0 Å². The molecule has 112 valence electrons. The lowest BCUT2D eigenvalue weighted by Gasteiger charge is -2.20. The van der Waals surface area contributed by atoms with Crippen molar-refractivity contribution in [3.63, 3.8) is 0 Å². The Bertz CT molecular complexity index is 591. The number of anilines is 1. The molecule has 0 aliphatic heterocycles. The van der Waals surface area contributed by atoms with Gasteiger partial charge in [-0.05, 0) is 30.2 Å². The largest absolute Gasteiger partial charge is 0.418 e. The first kappa shape index (κ1) is 15.4. The highest BCUT2D eigenvalue weighted by atomic mass is 19.4. The maximum absolute atomic E-state index is 12.9. The monoisotopic (exact) mass is 294 g/mol. The molecule has 0 aliphatic rings. The van der Waals surface area contributed by atoms with Crippen LogP contribution >= 0.6 is 0 Å². The molecule has 0 aromatic heterocycles. The van der Waals surface area contributed by atoms with Crippen LogP contribution in [0.1, 0.15) is 29.7 Å². The minimum absolute atomic E-state index is 0.0837. The van der Waals surface area contributed by atoms with E-state index in [0.717, 1.165) is 17.2 Å². The highest BCUT2D eigenvalue weighted by Gasteiger charge is 2.33. The summed E-state index contributed by atoms with van der Waals surface area (Å²) in [6.45, 7) is 2.27. The molecule has 3 N–H and O–H groups in total. The topological polar surface area (TPSA) is 38.0 Å². The number of benzene rings is 2. The molecular formula is C16H17F3N2. The number of hydrogen-bond donors (Lipinski definition) is 2. The summed E-state index contributed by atoms with van der Waals surface area (Å²) in [6, 6.07) is 12.7. The third-order valence-electron chi connectivity index (χ3n) is 3.32. The summed E-state index contributed by atoms with van der Waals surface area (Å²) >= 11 is 0. The van der Waals surface area contributed by atoms with Gasteiger partial charge in [-0.2, -0.15) is 13.2 Å². The van der Waals surface area contributed by atoms with Crippen LogP contribution < -0.4 is 11.1 Å². The maximum atomic E-state index is 12.9. The molecule has 0 saturated heterocycles. The average Bonchev–Trinajstić information content (AvgIpc) is 2.47. The van der Waals surface area contributed by atoms with Crippen molar-refractivity contribution in [3.05, 3.63) is 65.2 Å². The molecule has 0 fully saturated rings. The molecule has 0 spiro atoms. The Hall–Kier alpha value is -2.01. The molecule has 21 heavy (non-hydrogen) atoms. The molecule has 0 amide bonds. The van der Waals surface area contributed by atoms with Crippen molar-refractivity contribution in [3.8, 4) is 0 Å². The lowest BCUT2D eigenvalue weighted by molar-refractivity contribution is -0.137. The molecule has 0 radical (unpaired) electrons. The first-order chi connectivity index (χ1) is 9.91. The average molecular weight is 294 g/mol. The summed E-state index contributed by atoms with van der Waals surface area (Å²) in [4.78, 5) is 0. The van der Waals surface area contributed by atoms with Crippen LogP contribution in [0.25, 0.3) is 0 Å². The van der Waals surface area contributed by atoms with Gasteiger partial charge in [0.1, 0.15) is 0 Å². The van der Waals surface area contributed by atoms with E-state index >= 15 is 0 Å². The molecule has 1 atom stereocenters. The van der Waals surface area contributed by atoms with Gasteiger partial charge in [-0.1, -0.05) is 36.4 Å². The molecule has 0 saturated carbocycles. The molecule has 2 aromatic carbocycles. The Labute approximate surface area is 121 Å². The molecule has 1 unspecified atom stereocenters. The second-order valence-electron chi connectivity index (χ2n) is 4.86. The SMILES string of the molecule is CC(Nc1ccccc1C(F)(F)F)c1ccc(CN)cc1. The van der Waals surface area contributed by atoms with Crippen LogP contribution in [0.2, 0.25) is 0 Å². The Morgan fingerprint density at radius 1 is 1.05 bits per heavy atom. The van der Waals surface area contributed by atoms with Crippen LogP contribution in [0, 0.1) is 0 Å². The first-order valence-corrected chi connectivity index (χ1v) is 6.63. The van der Waals surface area contributed by atoms with Crippen molar-refractivity contribution in [2.75, 3.05) is 5.32 Å². The zero-order chi connectivity index (χ0) is 15.5. The van der Waals surface area contributed by atoms with E-state index in [0.29, 0.717) is 6.54 Å². The summed E-state index contributed by atoms with van der Waals surface area (Å²) in [5, 5.41) is 2.92. The number of para-hydroxylation sites is 1. The highest BCUT2D eigenvalue weighted by Crippen LogP contribution is 2.35. The summed E-state index contributed by atoms with van der Waals surface area (Å²) in [5.74, 6) is 0. The van der Waals surface area contributed by atoms with Crippen molar-refractivity contribution >= 4 is 5.69 Å². The predicted octanol–water partition coefficient (Wildman–Crippen LogP) is 4.34. The normalized spacial score (nSPS) is 13.0. The molecule has 0 aliphatic carbocycles. The van der Waals surface area contributed by atoms with Crippen LogP contribution in [0.15, 0.2) is 48.5 Å². The van der Waals surface area contributed by atoms with Crippen molar-refractivity contribution < 1.29 is 13.2 Å². The lowest BCUT2D eigenvalue weighted by Crippen LogP contribution is -2.13. The number of nitrogens with two attached hydrogens (primary N) is 1. The number of halogens is 3. The van der Waals surface area contributed by atoms with Gasteiger partial charge in [-0.3, -0.25) is 0 Å². The van der Waals surface area contributed by atoms with Gasteiger partial charge in [-0.15, -0.1) is 0 Å². The zero-order valence-electron chi connectivity index (χ0n) is 11.6. The number of rotatable bonds is 4. The molecule has 5 heteroatoms. The summed E-state index contributed by atoms with van der Waals surface area (Å²) < 4.78 is 38.8. The van der Waals surface area contributed by atoms with Crippen LogP contribution in [-0.2, 0) is 12.7 Å². The van der Waals surface area contributed by atoms with Crippen molar-refractivity contribution in [1.29, 1.82) is 0 Å². The van der Waals surface area contributed by atoms with Crippen LogP contribution in [-0.4, -0.2) is 0 Å². The van der Waals surface area contributed by atoms with Crippen LogP contribution in [0.5, 0.6) is 0 Å². The number of hydrogen-bond acceptors (Lipinski definition) is 2. The standard InChI is InChI=1S/C16H17F3N2/c1-11(13-8-6-12(10-20)7-9-13)21-15-5-3-2-4-14(15)16(17,18)19/h2-9,11,21H,10,20H2,1H3. The van der Waals surface area contributed by atoms with Crippen molar-refractivity contribution in [2.24, 2.45) is 5.73 Å². The molecule has 0 heterocycles. The van der Waals surface area contributed by atoms with Gasteiger partial charge in [0.2, 0.25) is 0 Å². The third kappa shape index (κ3) is 3.76. The van der Waals surface area contributed by atoms with Gasteiger partial charge in [0, 0.05) is 18.3 Å². The van der Waals surface area contributed by atoms with Gasteiger partial charge < -0.3 is 11.1 Å². The molecule has 2 rings (SSSR count). The first-order valence-electron chi connectivity index (χ1n) is 6.63. The lowest BCUT2D eigenvalue weighted by atomic mass is 10.0. The smallest absolute Gasteiger partial charge is 0.378 e. The second-order valence-corrected chi connectivity index (χ2v) is 4.86. The van der Waals surface area contributed by atoms with E-state index in [1.807, 2.05) is 31.2 Å². The summed E-state index contributed by atoms with van der Waals surface area (Å²) in [7, 11) is 0. The minimum atomic E-state index is -4.37. The highest BCUT2D eigenvalue weighted by molar-refractivity contribution is 5.54. The zero-order valence-corrected chi connectivity index (χ0v) is 11.6. The van der Waals surface area contributed by atoms with Crippen molar-refractivity contribution in [1.82, 2.24) is 0 Å². The van der Waals surface area contributed by atoms with E-state index in [-0.39, 0.29) is 11.7 Å². The number of nitrogens with one attached hydrogen (secondary N) is 1. The fourth-order valence-electron chi connectivity index (χ4n) is 2.12. The fraction of sp³-hybridized carbons (Fsp3) is 0.250. The van der Waals surface area contributed by atoms with E-state index in [4.69, 9.17) is 5.73 Å². The molecular weight excluding hydrogens is 277 g/mol. The van der Waals surface area contributed by atoms with Gasteiger partial charge in [0.05, 0.1) is 5.56 Å². The fourth-order valence-corrected chi connectivity index (χ4v) is 2.12.